The lowest BCUT2D eigenvalue weighted by atomic mass is 10.2. The number of nitrogens with zero attached hydrogens (tertiary/aromatic N) is 5. The third-order valence-electron chi connectivity index (χ3n) is 1.94. The molecule has 0 aliphatic heterocycles. The highest BCUT2D eigenvalue weighted by Gasteiger charge is 2.30. The Kier molecular flexibility index (Phi) is 2.51. The molecule has 8 heteroatoms. The third kappa shape index (κ3) is 2.23. The molecule has 0 fully saturated rings. The van der Waals surface area contributed by atoms with E-state index in [0.29, 0.717) is 5.69 Å². The van der Waals surface area contributed by atoms with Crippen molar-refractivity contribution in [3.05, 3.63) is 35.7 Å². The maximum atomic E-state index is 12.3. The largest absolute Gasteiger partial charge is 0.416 e. The minimum absolute atomic E-state index is 0.148. The van der Waals surface area contributed by atoms with E-state index in [2.05, 4.69) is 15.4 Å². The third-order valence-corrected chi connectivity index (χ3v) is 1.94. The molecule has 17 heavy (non-hydrogen) atoms. The second-order valence-corrected chi connectivity index (χ2v) is 3.06. The van der Waals surface area contributed by atoms with Crippen LogP contribution >= 0.6 is 0 Å². The highest BCUT2D eigenvalue weighted by Crippen LogP contribution is 2.29. The molecule has 1 aromatic heterocycles. The SMILES string of the molecule is N#Cc1nnn(-c2ccc(C(F)(F)F)cc2)n1. The molecule has 0 aliphatic rings. The first-order valence-electron chi connectivity index (χ1n) is 4.38. The van der Waals surface area contributed by atoms with Gasteiger partial charge in [-0.1, -0.05) is 5.10 Å². The average molecular weight is 239 g/mol. The molecule has 0 radical (unpaired) electrons. The Morgan fingerprint density at radius 3 is 2.29 bits per heavy atom. The molecule has 1 heterocycles. The number of rotatable bonds is 1. The Morgan fingerprint density at radius 1 is 1.18 bits per heavy atom. The van der Waals surface area contributed by atoms with Crippen LogP contribution in [-0.4, -0.2) is 20.2 Å². The minimum atomic E-state index is -4.38. The fourth-order valence-corrected chi connectivity index (χ4v) is 1.15. The van der Waals surface area contributed by atoms with Crippen LogP contribution in [-0.2, 0) is 6.18 Å². The molecule has 1 aromatic carbocycles. The first-order valence-corrected chi connectivity index (χ1v) is 4.38. The lowest BCUT2D eigenvalue weighted by Gasteiger charge is -2.06. The Balaban J connectivity index is 2.33. The predicted octanol–water partition coefficient (Wildman–Crippen LogP) is 1.55. The molecule has 0 amide bonds. The first-order chi connectivity index (χ1) is 8.00. The summed E-state index contributed by atoms with van der Waals surface area (Å²) < 4.78 is 36.9. The summed E-state index contributed by atoms with van der Waals surface area (Å²) in [6, 6.07) is 5.88. The van der Waals surface area contributed by atoms with Crippen LogP contribution in [0.3, 0.4) is 0 Å². The van der Waals surface area contributed by atoms with E-state index in [0.717, 1.165) is 16.9 Å². The topological polar surface area (TPSA) is 67.4 Å². The first kappa shape index (κ1) is 11.1. The van der Waals surface area contributed by atoms with Gasteiger partial charge in [0.1, 0.15) is 6.07 Å². The summed E-state index contributed by atoms with van der Waals surface area (Å²) in [6.07, 6.45) is -4.38. The Morgan fingerprint density at radius 2 is 1.82 bits per heavy atom. The summed E-state index contributed by atoms with van der Waals surface area (Å²) >= 11 is 0. The number of hydrogen-bond donors (Lipinski definition) is 0. The van der Waals surface area contributed by atoms with Gasteiger partial charge >= 0.3 is 6.18 Å². The highest BCUT2D eigenvalue weighted by atomic mass is 19.4. The quantitative estimate of drug-likeness (QED) is 0.757. The fraction of sp³-hybridized carbons (Fsp3) is 0.111. The summed E-state index contributed by atoms with van der Waals surface area (Å²) in [6.45, 7) is 0. The second-order valence-electron chi connectivity index (χ2n) is 3.06. The van der Waals surface area contributed by atoms with Crippen molar-refractivity contribution in [3.8, 4) is 11.8 Å². The van der Waals surface area contributed by atoms with Crippen molar-refractivity contribution >= 4 is 0 Å². The van der Waals surface area contributed by atoms with Crippen LogP contribution < -0.4 is 0 Å². The molecule has 2 aromatic rings. The Bertz CT molecular complexity index is 564. The van der Waals surface area contributed by atoms with Crippen LogP contribution in [0.4, 0.5) is 13.2 Å². The van der Waals surface area contributed by atoms with Crippen LogP contribution in [0.5, 0.6) is 0 Å². The van der Waals surface area contributed by atoms with E-state index >= 15 is 0 Å². The van der Waals surface area contributed by atoms with Gasteiger partial charge in [0.15, 0.2) is 0 Å². The average Bonchev–Trinajstić information content (AvgIpc) is 2.76. The van der Waals surface area contributed by atoms with Gasteiger partial charge in [-0.2, -0.15) is 18.4 Å². The molecule has 0 bridgehead atoms. The van der Waals surface area contributed by atoms with Gasteiger partial charge in [-0.25, -0.2) is 0 Å². The van der Waals surface area contributed by atoms with Gasteiger partial charge < -0.3 is 0 Å². The number of nitriles is 1. The molecule has 0 saturated heterocycles. The molecule has 0 atom stereocenters. The summed E-state index contributed by atoms with van der Waals surface area (Å²) in [4.78, 5) is 0.985. The zero-order valence-corrected chi connectivity index (χ0v) is 8.18. The predicted molar refractivity (Wildman–Crippen MR) is 48.9 cm³/mol. The monoisotopic (exact) mass is 239 g/mol. The van der Waals surface area contributed by atoms with Gasteiger partial charge in [0.2, 0.25) is 0 Å². The van der Waals surface area contributed by atoms with Gasteiger partial charge in [0.05, 0.1) is 11.3 Å². The number of aromatic nitrogens is 4. The Hall–Kier alpha value is -2.43. The highest BCUT2D eigenvalue weighted by molar-refractivity contribution is 5.33. The molecule has 2 rings (SSSR count). The van der Waals surface area contributed by atoms with E-state index in [1.165, 1.54) is 12.1 Å². The van der Waals surface area contributed by atoms with Gasteiger partial charge in [0.25, 0.3) is 5.82 Å². The lowest BCUT2D eigenvalue weighted by molar-refractivity contribution is -0.137. The second kappa shape index (κ2) is 3.86. The molecular formula is C9H4F3N5. The number of benzene rings is 1. The van der Waals surface area contributed by atoms with E-state index < -0.39 is 11.7 Å². The van der Waals surface area contributed by atoms with E-state index in [1.54, 1.807) is 6.07 Å². The van der Waals surface area contributed by atoms with Gasteiger partial charge in [0, 0.05) is 0 Å². The molecule has 0 saturated carbocycles. The van der Waals surface area contributed by atoms with E-state index in [4.69, 9.17) is 5.26 Å². The van der Waals surface area contributed by atoms with Crippen molar-refractivity contribution in [2.24, 2.45) is 0 Å². The molecule has 0 unspecified atom stereocenters. The molecule has 86 valence electrons. The van der Waals surface area contributed by atoms with Crippen LogP contribution in [0.2, 0.25) is 0 Å². The van der Waals surface area contributed by atoms with E-state index in [1.807, 2.05) is 0 Å². The lowest BCUT2D eigenvalue weighted by Crippen LogP contribution is -2.05. The summed E-state index contributed by atoms with van der Waals surface area (Å²) in [5.41, 5.74) is -0.464. The zero-order valence-electron chi connectivity index (χ0n) is 8.18. The molecular weight excluding hydrogens is 235 g/mol. The molecule has 5 nitrogen and oxygen atoms in total. The van der Waals surface area contributed by atoms with E-state index in [-0.39, 0.29) is 5.82 Å². The summed E-state index contributed by atoms with van der Waals surface area (Å²) in [5.74, 6) is -0.148. The Labute approximate surface area is 93.1 Å². The number of alkyl halides is 3. The number of hydrogen-bond acceptors (Lipinski definition) is 4. The normalized spacial score (nSPS) is 11.2. The van der Waals surface area contributed by atoms with Crippen molar-refractivity contribution in [1.82, 2.24) is 20.2 Å². The standard InChI is InChI=1S/C9H4F3N5/c10-9(11,12)6-1-3-7(4-2-6)17-15-8(5-13)14-16-17/h1-4H. The number of halogens is 3. The molecule has 0 N–H and O–H groups in total. The van der Waals surface area contributed by atoms with E-state index in [9.17, 15) is 13.2 Å². The smallest absolute Gasteiger partial charge is 0.189 e. The van der Waals surface area contributed by atoms with Gasteiger partial charge in [-0.3, -0.25) is 0 Å². The van der Waals surface area contributed by atoms with Crippen molar-refractivity contribution in [3.63, 3.8) is 0 Å². The van der Waals surface area contributed by atoms with Crippen molar-refractivity contribution < 1.29 is 13.2 Å². The van der Waals surface area contributed by atoms with Crippen LogP contribution in [0.25, 0.3) is 5.69 Å². The maximum absolute atomic E-state index is 12.3. The zero-order chi connectivity index (χ0) is 12.5. The van der Waals surface area contributed by atoms with Crippen LogP contribution in [0.15, 0.2) is 24.3 Å². The number of tetrazole rings is 1. The summed E-state index contributed by atoms with van der Waals surface area (Å²) in [5, 5.41) is 19.0. The van der Waals surface area contributed by atoms with Crippen LogP contribution in [0.1, 0.15) is 11.4 Å². The molecule has 0 aliphatic carbocycles. The van der Waals surface area contributed by atoms with Crippen LogP contribution in [0, 0.1) is 11.3 Å². The molecule has 0 spiro atoms. The van der Waals surface area contributed by atoms with Gasteiger partial charge in [-0.05, 0) is 29.5 Å². The van der Waals surface area contributed by atoms with Crippen molar-refractivity contribution in [1.29, 1.82) is 5.26 Å². The van der Waals surface area contributed by atoms with Gasteiger partial charge in [-0.15, -0.1) is 9.90 Å². The van der Waals surface area contributed by atoms with Crippen molar-refractivity contribution in [2.45, 2.75) is 6.18 Å². The fourth-order valence-electron chi connectivity index (χ4n) is 1.15. The maximum Gasteiger partial charge on any atom is 0.416 e. The van der Waals surface area contributed by atoms with Crippen molar-refractivity contribution in [2.75, 3.05) is 0 Å². The summed E-state index contributed by atoms with van der Waals surface area (Å²) in [7, 11) is 0. The minimum Gasteiger partial charge on any atom is -0.189 e.